The van der Waals surface area contributed by atoms with Gasteiger partial charge < -0.3 is 5.73 Å². The number of halogens is 1. The summed E-state index contributed by atoms with van der Waals surface area (Å²) in [5, 5.41) is 0.0860. The van der Waals surface area contributed by atoms with E-state index in [-0.39, 0.29) is 29.0 Å². The van der Waals surface area contributed by atoms with Gasteiger partial charge in [0, 0.05) is 48.1 Å². The average Bonchev–Trinajstić information content (AvgIpc) is 2.85. The van der Waals surface area contributed by atoms with E-state index < -0.39 is 17.1 Å². The van der Waals surface area contributed by atoms with Crippen molar-refractivity contribution in [3.8, 4) is 11.8 Å². The number of nitrogens with zero attached hydrogens (tertiary/aromatic N) is 4. The number of hydrogen-bond acceptors (Lipinski definition) is 5. The molecule has 1 fully saturated rings. The highest BCUT2D eigenvalue weighted by molar-refractivity contribution is 5.77. The molecule has 0 aliphatic heterocycles. The highest BCUT2D eigenvalue weighted by Crippen LogP contribution is 2.27. The van der Waals surface area contributed by atoms with Crippen molar-refractivity contribution in [1.29, 1.82) is 0 Å². The maximum absolute atomic E-state index is 14.1. The molecule has 5 rings (SSSR count). The van der Waals surface area contributed by atoms with Crippen LogP contribution in [0.1, 0.15) is 43.7 Å². The third kappa shape index (κ3) is 4.22. The second-order valence-corrected chi connectivity index (χ2v) is 8.75. The SMILES string of the molecule is NC1CCC(n2c(=O)c3cc(F)cnc3n(C3=CC=CC(C#Cc4cccnc4)C3)c2=O)CC1. The fraction of sp³-hybridized carbons (Fsp3) is 0.308. The van der Waals surface area contributed by atoms with Gasteiger partial charge in [-0.1, -0.05) is 24.0 Å². The third-order valence-electron chi connectivity index (χ3n) is 6.41. The quantitative estimate of drug-likeness (QED) is 0.597. The van der Waals surface area contributed by atoms with E-state index >= 15 is 0 Å². The Morgan fingerprint density at radius 1 is 1.15 bits per heavy atom. The standard InChI is InChI=1S/C26H24FN5O2/c27-19-14-23-24(30-16-19)31(26(34)32(25(23)33)21-10-8-20(28)9-11-21)22-5-1-3-17(13-22)6-7-18-4-2-12-29-15-18/h1-5,12,14-17,20-21H,8-11,13,28H2. The number of hydrogen-bond donors (Lipinski definition) is 1. The number of aromatic nitrogens is 4. The van der Waals surface area contributed by atoms with E-state index in [0.717, 1.165) is 30.7 Å². The Labute approximate surface area is 195 Å². The Balaban J connectivity index is 1.60. The van der Waals surface area contributed by atoms with Crippen molar-refractivity contribution in [2.45, 2.75) is 44.2 Å². The fourth-order valence-electron chi connectivity index (χ4n) is 4.66. The van der Waals surface area contributed by atoms with Crippen LogP contribution in [0.3, 0.4) is 0 Å². The Kier molecular flexibility index (Phi) is 5.95. The van der Waals surface area contributed by atoms with Gasteiger partial charge in [-0.05, 0) is 50.0 Å². The molecule has 2 aliphatic rings. The molecule has 7 nitrogen and oxygen atoms in total. The van der Waals surface area contributed by atoms with Gasteiger partial charge in [-0.15, -0.1) is 0 Å². The second kappa shape index (κ2) is 9.20. The van der Waals surface area contributed by atoms with Gasteiger partial charge in [0.1, 0.15) is 5.82 Å². The van der Waals surface area contributed by atoms with Gasteiger partial charge in [0.15, 0.2) is 5.65 Å². The van der Waals surface area contributed by atoms with E-state index in [1.54, 1.807) is 12.4 Å². The van der Waals surface area contributed by atoms with Gasteiger partial charge in [-0.25, -0.2) is 18.7 Å². The van der Waals surface area contributed by atoms with Crippen LogP contribution in [0, 0.1) is 23.6 Å². The molecule has 0 spiro atoms. The zero-order valence-electron chi connectivity index (χ0n) is 18.5. The predicted octanol–water partition coefficient (Wildman–Crippen LogP) is 3.00. The summed E-state index contributed by atoms with van der Waals surface area (Å²) in [4.78, 5) is 35.2. The van der Waals surface area contributed by atoms with Crippen molar-refractivity contribution in [2.24, 2.45) is 11.7 Å². The first-order valence-electron chi connectivity index (χ1n) is 11.4. The maximum Gasteiger partial charge on any atom is 0.337 e. The average molecular weight is 458 g/mol. The minimum absolute atomic E-state index is 0.0686. The second-order valence-electron chi connectivity index (χ2n) is 8.75. The van der Waals surface area contributed by atoms with Crippen molar-refractivity contribution < 1.29 is 4.39 Å². The smallest absolute Gasteiger partial charge is 0.328 e. The first-order valence-corrected chi connectivity index (χ1v) is 11.4. The molecule has 1 saturated carbocycles. The van der Waals surface area contributed by atoms with Crippen LogP contribution in [0.4, 0.5) is 4.39 Å². The van der Waals surface area contributed by atoms with Crippen molar-refractivity contribution in [3.63, 3.8) is 0 Å². The third-order valence-corrected chi connectivity index (χ3v) is 6.41. The molecular formula is C26H24FN5O2. The molecule has 1 atom stereocenters. The molecule has 3 aromatic heterocycles. The lowest BCUT2D eigenvalue weighted by molar-refractivity contribution is 0.309. The van der Waals surface area contributed by atoms with Gasteiger partial charge in [0.25, 0.3) is 5.56 Å². The summed E-state index contributed by atoms with van der Waals surface area (Å²) in [5.41, 5.74) is 6.67. The van der Waals surface area contributed by atoms with E-state index in [1.807, 2.05) is 30.4 Å². The van der Waals surface area contributed by atoms with Crippen molar-refractivity contribution in [2.75, 3.05) is 0 Å². The molecule has 34 heavy (non-hydrogen) atoms. The zero-order chi connectivity index (χ0) is 23.7. The summed E-state index contributed by atoms with van der Waals surface area (Å²) in [6.07, 6.45) is 13.2. The lowest BCUT2D eigenvalue weighted by Gasteiger charge is -2.28. The van der Waals surface area contributed by atoms with Crippen molar-refractivity contribution >= 4 is 16.7 Å². The van der Waals surface area contributed by atoms with Gasteiger partial charge in [-0.3, -0.25) is 14.3 Å². The van der Waals surface area contributed by atoms with Crippen LogP contribution >= 0.6 is 0 Å². The van der Waals surface area contributed by atoms with E-state index in [4.69, 9.17) is 5.73 Å². The van der Waals surface area contributed by atoms with Crippen LogP contribution in [0.2, 0.25) is 0 Å². The van der Waals surface area contributed by atoms with Gasteiger partial charge in [0.05, 0.1) is 11.6 Å². The molecule has 2 aliphatic carbocycles. The van der Waals surface area contributed by atoms with Crippen molar-refractivity contribution in [1.82, 2.24) is 19.1 Å². The molecule has 1 unspecified atom stereocenters. The normalized spacial score (nSPS) is 22.2. The summed E-state index contributed by atoms with van der Waals surface area (Å²) in [6, 6.07) is 4.65. The molecular weight excluding hydrogens is 433 g/mol. The van der Waals surface area contributed by atoms with E-state index in [0.29, 0.717) is 25.0 Å². The minimum Gasteiger partial charge on any atom is -0.328 e. The Morgan fingerprint density at radius 3 is 2.74 bits per heavy atom. The van der Waals surface area contributed by atoms with Crippen LogP contribution in [0.5, 0.6) is 0 Å². The van der Waals surface area contributed by atoms with Gasteiger partial charge in [0.2, 0.25) is 0 Å². The molecule has 3 heterocycles. The predicted molar refractivity (Wildman–Crippen MR) is 128 cm³/mol. The lowest BCUT2D eigenvalue weighted by atomic mass is 9.91. The van der Waals surface area contributed by atoms with Crippen LogP contribution in [-0.2, 0) is 0 Å². The van der Waals surface area contributed by atoms with E-state index in [1.165, 1.54) is 9.13 Å². The van der Waals surface area contributed by atoms with Crippen LogP contribution in [0.15, 0.2) is 64.6 Å². The van der Waals surface area contributed by atoms with Gasteiger partial charge >= 0.3 is 5.69 Å². The summed E-state index contributed by atoms with van der Waals surface area (Å²) < 4.78 is 16.8. The summed E-state index contributed by atoms with van der Waals surface area (Å²) >= 11 is 0. The molecule has 8 heteroatoms. The monoisotopic (exact) mass is 457 g/mol. The van der Waals surface area contributed by atoms with Crippen molar-refractivity contribution in [3.05, 3.63) is 87.2 Å². The van der Waals surface area contributed by atoms with E-state index in [2.05, 4.69) is 21.8 Å². The summed E-state index contributed by atoms with van der Waals surface area (Å²) in [6.45, 7) is 0. The summed E-state index contributed by atoms with van der Waals surface area (Å²) in [7, 11) is 0. The number of rotatable bonds is 2. The Bertz CT molecular complexity index is 1470. The highest BCUT2D eigenvalue weighted by atomic mass is 19.1. The Hall–Kier alpha value is -3.83. The first kappa shape index (κ1) is 22.0. The van der Waals surface area contributed by atoms with Crippen LogP contribution in [0.25, 0.3) is 16.7 Å². The van der Waals surface area contributed by atoms with Crippen LogP contribution < -0.4 is 17.0 Å². The zero-order valence-corrected chi connectivity index (χ0v) is 18.5. The topological polar surface area (TPSA) is 95.8 Å². The number of allylic oxidation sites excluding steroid dienone is 4. The van der Waals surface area contributed by atoms with E-state index in [9.17, 15) is 14.0 Å². The molecule has 0 radical (unpaired) electrons. The number of fused-ring (bicyclic) bond motifs is 1. The molecule has 0 aromatic carbocycles. The molecule has 2 N–H and O–H groups in total. The fourth-order valence-corrected chi connectivity index (χ4v) is 4.66. The highest BCUT2D eigenvalue weighted by Gasteiger charge is 2.27. The molecule has 3 aromatic rings. The first-order chi connectivity index (χ1) is 16.5. The van der Waals surface area contributed by atoms with Gasteiger partial charge in [-0.2, -0.15) is 0 Å². The molecule has 172 valence electrons. The lowest BCUT2D eigenvalue weighted by Crippen LogP contribution is -2.44. The molecule has 0 bridgehead atoms. The summed E-state index contributed by atoms with van der Waals surface area (Å²) in [5.74, 6) is 5.56. The molecule has 0 amide bonds. The minimum atomic E-state index is -0.621. The maximum atomic E-state index is 14.1. The Morgan fingerprint density at radius 2 is 1.97 bits per heavy atom. The number of nitrogens with two attached hydrogens (primary N) is 1. The largest absolute Gasteiger partial charge is 0.337 e. The molecule has 0 saturated heterocycles. The number of pyridine rings is 2. The van der Waals surface area contributed by atoms with Crippen LogP contribution in [-0.4, -0.2) is 25.1 Å².